The third-order valence-corrected chi connectivity index (χ3v) is 5.09. The molecule has 1 aromatic heterocycles. The number of barbiturate groups is 1. The van der Waals surface area contributed by atoms with Crippen LogP contribution in [0.3, 0.4) is 0 Å². The SMILES string of the molecule is O=C1NC(=O)C(=Cc2ccc(-c3ccc(C(=O)OC4CCCCC4)cc3)o2)C(=O)N1. The third kappa shape index (κ3) is 4.32. The largest absolute Gasteiger partial charge is 0.459 e. The van der Waals surface area contributed by atoms with Crippen molar-refractivity contribution in [3.63, 3.8) is 0 Å². The second kappa shape index (κ2) is 8.36. The zero-order valence-corrected chi connectivity index (χ0v) is 16.1. The van der Waals surface area contributed by atoms with Crippen LogP contribution in [0.4, 0.5) is 4.79 Å². The van der Waals surface area contributed by atoms with Crippen molar-refractivity contribution in [2.45, 2.75) is 38.2 Å². The van der Waals surface area contributed by atoms with E-state index in [4.69, 9.17) is 9.15 Å². The van der Waals surface area contributed by atoms with Gasteiger partial charge >= 0.3 is 12.0 Å². The van der Waals surface area contributed by atoms with E-state index in [0.29, 0.717) is 11.3 Å². The van der Waals surface area contributed by atoms with E-state index in [0.717, 1.165) is 31.2 Å². The van der Waals surface area contributed by atoms with Gasteiger partial charge in [-0.1, -0.05) is 18.6 Å². The highest BCUT2D eigenvalue weighted by Gasteiger charge is 2.28. The number of urea groups is 1. The lowest BCUT2D eigenvalue weighted by molar-refractivity contribution is -0.123. The summed E-state index contributed by atoms with van der Waals surface area (Å²) in [6.45, 7) is 0. The van der Waals surface area contributed by atoms with E-state index in [1.807, 2.05) is 10.6 Å². The fourth-order valence-corrected chi connectivity index (χ4v) is 3.51. The predicted octanol–water partition coefficient (Wildman–Crippen LogP) is 3.19. The molecule has 4 amide bonds. The summed E-state index contributed by atoms with van der Waals surface area (Å²) in [4.78, 5) is 47.0. The van der Waals surface area contributed by atoms with E-state index in [1.54, 1.807) is 36.4 Å². The summed E-state index contributed by atoms with van der Waals surface area (Å²) in [6.07, 6.45) is 6.46. The first kappa shape index (κ1) is 19.6. The number of nitrogens with one attached hydrogen (secondary N) is 2. The summed E-state index contributed by atoms with van der Waals surface area (Å²) in [5.41, 5.74) is 0.969. The Morgan fingerprint density at radius 2 is 1.60 bits per heavy atom. The summed E-state index contributed by atoms with van der Waals surface area (Å²) >= 11 is 0. The van der Waals surface area contributed by atoms with Crippen molar-refractivity contribution in [3.05, 3.63) is 53.3 Å². The van der Waals surface area contributed by atoms with E-state index in [9.17, 15) is 19.2 Å². The summed E-state index contributed by atoms with van der Waals surface area (Å²) in [5.74, 6) is -1.13. The van der Waals surface area contributed by atoms with Crippen LogP contribution in [0.15, 0.2) is 46.4 Å². The minimum absolute atomic E-state index is 0.00363. The van der Waals surface area contributed by atoms with E-state index < -0.39 is 17.8 Å². The van der Waals surface area contributed by atoms with Crippen molar-refractivity contribution in [1.82, 2.24) is 10.6 Å². The lowest BCUT2D eigenvalue weighted by atomic mass is 9.98. The number of carbonyl (C=O) groups is 4. The van der Waals surface area contributed by atoms with Crippen molar-refractivity contribution >= 4 is 29.9 Å². The van der Waals surface area contributed by atoms with Gasteiger partial charge in [0.25, 0.3) is 11.8 Å². The lowest BCUT2D eigenvalue weighted by Gasteiger charge is -2.21. The number of hydrogen-bond acceptors (Lipinski definition) is 6. The molecule has 2 N–H and O–H groups in total. The van der Waals surface area contributed by atoms with Crippen LogP contribution in [0.1, 0.15) is 48.2 Å². The quantitative estimate of drug-likeness (QED) is 0.456. The highest BCUT2D eigenvalue weighted by atomic mass is 16.5. The first-order chi connectivity index (χ1) is 14.5. The van der Waals surface area contributed by atoms with E-state index in [2.05, 4.69) is 0 Å². The molecule has 2 aliphatic rings. The number of amides is 4. The second-order valence-electron chi connectivity index (χ2n) is 7.24. The van der Waals surface area contributed by atoms with Crippen LogP contribution in [0.5, 0.6) is 0 Å². The van der Waals surface area contributed by atoms with E-state index in [-0.39, 0.29) is 23.4 Å². The maximum absolute atomic E-state index is 12.3. The molecule has 1 aliphatic heterocycles. The first-order valence-corrected chi connectivity index (χ1v) is 9.79. The Bertz CT molecular complexity index is 1010. The molecule has 0 bridgehead atoms. The monoisotopic (exact) mass is 408 g/mol. The number of carbonyl (C=O) groups excluding carboxylic acids is 4. The molecule has 8 heteroatoms. The smallest absolute Gasteiger partial charge is 0.338 e. The molecule has 1 aliphatic carbocycles. The van der Waals surface area contributed by atoms with Crippen LogP contribution in [0.25, 0.3) is 17.4 Å². The summed E-state index contributed by atoms with van der Waals surface area (Å²) < 4.78 is 11.2. The molecular formula is C22H20N2O6. The van der Waals surface area contributed by atoms with Gasteiger partial charge in [0.1, 0.15) is 23.2 Å². The van der Waals surface area contributed by atoms with E-state index >= 15 is 0 Å². The molecule has 0 radical (unpaired) electrons. The molecular weight excluding hydrogens is 388 g/mol. The van der Waals surface area contributed by atoms with Crippen molar-refractivity contribution in [2.24, 2.45) is 0 Å². The fourth-order valence-electron chi connectivity index (χ4n) is 3.51. The molecule has 30 heavy (non-hydrogen) atoms. The maximum Gasteiger partial charge on any atom is 0.338 e. The van der Waals surface area contributed by atoms with E-state index in [1.165, 1.54) is 12.5 Å². The Hall–Kier alpha value is -3.68. The van der Waals surface area contributed by atoms with Gasteiger partial charge in [-0.3, -0.25) is 20.2 Å². The number of rotatable bonds is 4. The molecule has 1 saturated carbocycles. The summed E-state index contributed by atoms with van der Waals surface area (Å²) in [5, 5.41) is 4.00. The van der Waals surface area contributed by atoms with Crippen molar-refractivity contribution in [2.75, 3.05) is 0 Å². The van der Waals surface area contributed by atoms with Gasteiger partial charge in [-0.2, -0.15) is 0 Å². The summed E-state index contributed by atoms with van der Waals surface area (Å²) in [6, 6.07) is 9.27. The number of imide groups is 2. The molecule has 8 nitrogen and oxygen atoms in total. The molecule has 1 aromatic carbocycles. The van der Waals surface area contributed by atoms with Gasteiger partial charge in [-0.25, -0.2) is 9.59 Å². The topological polar surface area (TPSA) is 115 Å². The second-order valence-corrected chi connectivity index (χ2v) is 7.24. The van der Waals surface area contributed by atoms with Crippen molar-refractivity contribution in [3.8, 4) is 11.3 Å². The van der Waals surface area contributed by atoms with Crippen molar-refractivity contribution in [1.29, 1.82) is 0 Å². The molecule has 0 spiro atoms. The average Bonchev–Trinajstić information content (AvgIpc) is 3.20. The van der Waals surface area contributed by atoms with Crippen LogP contribution in [-0.4, -0.2) is 29.9 Å². The van der Waals surface area contributed by atoms with Crippen LogP contribution in [0, 0.1) is 0 Å². The van der Waals surface area contributed by atoms with Gasteiger partial charge in [0.15, 0.2) is 0 Å². The number of benzene rings is 1. The fraction of sp³-hybridized carbons (Fsp3) is 0.273. The number of furan rings is 1. The van der Waals surface area contributed by atoms with Crippen LogP contribution in [0.2, 0.25) is 0 Å². The Balaban J connectivity index is 1.45. The molecule has 2 heterocycles. The van der Waals surface area contributed by atoms with Gasteiger partial charge in [0.2, 0.25) is 0 Å². The molecule has 1 saturated heterocycles. The Labute approximate surface area is 172 Å². The molecule has 154 valence electrons. The number of esters is 1. The summed E-state index contributed by atoms with van der Waals surface area (Å²) in [7, 11) is 0. The van der Waals surface area contributed by atoms with Crippen LogP contribution >= 0.6 is 0 Å². The standard InChI is InChI=1S/C22H20N2O6/c25-19-17(20(26)24-22(28)23-19)12-16-10-11-18(29-16)13-6-8-14(9-7-13)21(27)30-15-4-2-1-3-5-15/h6-12,15H,1-5H2,(H2,23,24,25,26,28). The maximum atomic E-state index is 12.3. The Morgan fingerprint density at radius 1 is 0.933 bits per heavy atom. The average molecular weight is 408 g/mol. The van der Waals surface area contributed by atoms with Gasteiger partial charge in [-0.15, -0.1) is 0 Å². The minimum Gasteiger partial charge on any atom is -0.459 e. The lowest BCUT2D eigenvalue weighted by Crippen LogP contribution is -2.51. The molecule has 2 aromatic rings. The molecule has 0 unspecified atom stereocenters. The van der Waals surface area contributed by atoms with Crippen molar-refractivity contribution < 1.29 is 28.3 Å². The van der Waals surface area contributed by atoms with Gasteiger partial charge in [-0.05, 0) is 56.0 Å². The zero-order chi connectivity index (χ0) is 21.1. The van der Waals surface area contributed by atoms with Crippen LogP contribution in [-0.2, 0) is 14.3 Å². The number of ether oxygens (including phenoxy) is 1. The van der Waals surface area contributed by atoms with Crippen LogP contribution < -0.4 is 10.6 Å². The Morgan fingerprint density at radius 3 is 2.27 bits per heavy atom. The van der Waals surface area contributed by atoms with Gasteiger partial charge in [0, 0.05) is 5.56 Å². The number of hydrogen-bond donors (Lipinski definition) is 2. The predicted molar refractivity (Wildman–Crippen MR) is 106 cm³/mol. The molecule has 2 fully saturated rings. The molecule has 0 atom stereocenters. The zero-order valence-electron chi connectivity index (χ0n) is 16.1. The molecule has 4 rings (SSSR count). The van der Waals surface area contributed by atoms with Gasteiger partial charge < -0.3 is 9.15 Å². The van der Waals surface area contributed by atoms with Gasteiger partial charge in [0.05, 0.1) is 5.56 Å². The normalized spacial score (nSPS) is 17.3. The first-order valence-electron chi connectivity index (χ1n) is 9.79. The highest BCUT2D eigenvalue weighted by molar-refractivity contribution is 6.31. The minimum atomic E-state index is -0.857. The Kier molecular flexibility index (Phi) is 5.47. The third-order valence-electron chi connectivity index (χ3n) is 5.09. The highest BCUT2D eigenvalue weighted by Crippen LogP contribution is 2.25.